The second-order valence-electron chi connectivity index (χ2n) is 5.30. The molecule has 0 spiro atoms. The third kappa shape index (κ3) is 3.59. The van der Waals surface area contributed by atoms with Crippen molar-refractivity contribution in [2.24, 2.45) is 5.73 Å². The lowest BCUT2D eigenvalue weighted by Gasteiger charge is -2.38. The fraction of sp³-hybridized carbons (Fsp3) is 0.923. The number of piperazine rings is 1. The molecule has 2 N–H and O–H groups in total. The quantitative estimate of drug-likeness (QED) is 0.800. The molecule has 2 saturated heterocycles. The van der Waals surface area contributed by atoms with Gasteiger partial charge in [0.1, 0.15) is 0 Å². The third-order valence-corrected chi connectivity index (χ3v) is 3.95. The van der Waals surface area contributed by atoms with E-state index >= 15 is 0 Å². The first-order valence-electron chi connectivity index (χ1n) is 7.27. The molecule has 0 unspecified atom stereocenters. The van der Waals surface area contributed by atoms with Gasteiger partial charge in [-0.3, -0.25) is 4.90 Å². The summed E-state index contributed by atoms with van der Waals surface area (Å²) in [5.41, 5.74) is 5.52. The van der Waals surface area contributed by atoms with Crippen LogP contribution in [0.5, 0.6) is 0 Å². The van der Waals surface area contributed by atoms with Crippen LogP contribution in [0, 0.1) is 0 Å². The highest BCUT2D eigenvalue weighted by molar-refractivity contribution is 5.74. The molecule has 5 heteroatoms. The summed E-state index contributed by atoms with van der Waals surface area (Å²) < 4.78 is 0. The Hall–Kier alpha value is -0.810. The second kappa shape index (κ2) is 6.95. The van der Waals surface area contributed by atoms with Crippen LogP contribution in [0.2, 0.25) is 0 Å². The van der Waals surface area contributed by atoms with Crippen LogP contribution in [-0.4, -0.2) is 73.1 Å². The molecule has 0 atom stereocenters. The molecule has 2 rings (SSSR count). The van der Waals surface area contributed by atoms with Crippen molar-refractivity contribution < 1.29 is 4.79 Å². The van der Waals surface area contributed by atoms with Crippen LogP contribution in [0.1, 0.15) is 25.7 Å². The van der Waals surface area contributed by atoms with Crippen molar-refractivity contribution in [1.82, 2.24) is 14.7 Å². The van der Waals surface area contributed by atoms with E-state index < -0.39 is 0 Å². The zero-order chi connectivity index (χ0) is 12.8. The Morgan fingerprint density at radius 1 is 0.889 bits per heavy atom. The molecule has 18 heavy (non-hydrogen) atoms. The molecule has 0 aromatic carbocycles. The van der Waals surface area contributed by atoms with Crippen molar-refractivity contribution in [3.8, 4) is 0 Å². The van der Waals surface area contributed by atoms with E-state index in [0.717, 1.165) is 58.8 Å². The van der Waals surface area contributed by atoms with Crippen LogP contribution in [-0.2, 0) is 0 Å². The molecular formula is C13H26N4O. The predicted octanol–water partition coefficient (Wildman–Crippen LogP) is 0.559. The Bertz CT molecular complexity index is 258. The van der Waals surface area contributed by atoms with Gasteiger partial charge in [0, 0.05) is 39.3 Å². The van der Waals surface area contributed by atoms with Crippen molar-refractivity contribution in [3.63, 3.8) is 0 Å². The number of urea groups is 1. The molecule has 0 saturated carbocycles. The second-order valence-corrected chi connectivity index (χ2v) is 5.30. The molecule has 2 aliphatic heterocycles. The molecule has 2 amide bonds. The number of hydrogen-bond acceptors (Lipinski definition) is 3. The van der Waals surface area contributed by atoms with Crippen LogP contribution >= 0.6 is 0 Å². The zero-order valence-electron chi connectivity index (χ0n) is 11.3. The summed E-state index contributed by atoms with van der Waals surface area (Å²) in [6.07, 6.45) is 4.67. The van der Waals surface area contributed by atoms with Gasteiger partial charge >= 0.3 is 6.03 Å². The number of amides is 2. The van der Waals surface area contributed by atoms with E-state index in [1.165, 1.54) is 19.3 Å². The summed E-state index contributed by atoms with van der Waals surface area (Å²) in [5.74, 6) is 0. The molecular weight excluding hydrogens is 228 g/mol. The lowest BCUT2D eigenvalue weighted by molar-refractivity contribution is 0.107. The minimum atomic E-state index is 0.258. The van der Waals surface area contributed by atoms with E-state index in [1.807, 2.05) is 9.80 Å². The Morgan fingerprint density at radius 2 is 1.50 bits per heavy atom. The van der Waals surface area contributed by atoms with Crippen molar-refractivity contribution in [2.75, 3.05) is 52.4 Å². The average molecular weight is 254 g/mol. The Kier molecular flexibility index (Phi) is 5.26. The number of carbonyl (C=O) groups excluding carboxylic acids is 1. The van der Waals surface area contributed by atoms with E-state index in [1.54, 1.807) is 0 Å². The molecule has 5 nitrogen and oxygen atoms in total. The lowest BCUT2D eigenvalue weighted by Crippen LogP contribution is -2.53. The molecule has 2 aliphatic rings. The highest BCUT2D eigenvalue weighted by atomic mass is 16.2. The lowest BCUT2D eigenvalue weighted by atomic mass is 10.1. The number of nitrogens with zero attached hydrogens (tertiary/aromatic N) is 3. The fourth-order valence-corrected chi connectivity index (χ4v) is 2.76. The Labute approximate surface area is 110 Å². The fourth-order valence-electron chi connectivity index (χ4n) is 2.76. The van der Waals surface area contributed by atoms with Crippen LogP contribution in [0.25, 0.3) is 0 Å². The van der Waals surface area contributed by atoms with E-state index in [2.05, 4.69) is 4.90 Å². The molecule has 2 fully saturated rings. The molecule has 104 valence electrons. The third-order valence-electron chi connectivity index (χ3n) is 3.95. The summed E-state index contributed by atoms with van der Waals surface area (Å²) >= 11 is 0. The van der Waals surface area contributed by atoms with Crippen LogP contribution in [0.4, 0.5) is 4.79 Å². The van der Waals surface area contributed by atoms with Gasteiger partial charge in [-0.1, -0.05) is 0 Å². The Balaban J connectivity index is 1.73. The largest absolute Gasteiger partial charge is 0.330 e. The minimum absolute atomic E-state index is 0.258. The van der Waals surface area contributed by atoms with Crippen LogP contribution in [0.3, 0.4) is 0 Å². The van der Waals surface area contributed by atoms with Gasteiger partial charge in [-0.25, -0.2) is 4.79 Å². The Morgan fingerprint density at radius 3 is 2.11 bits per heavy atom. The van der Waals surface area contributed by atoms with Gasteiger partial charge in [0.05, 0.1) is 0 Å². The summed E-state index contributed by atoms with van der Waals surface area (Å²) in [7, 11) is 0. The molecule has 0 aromatic heterocycles. The van der Waals surface area contributed by atoms with E-state index in [9.17, 15) is 4.79 Å². The molecule has 2 heterocycles. The normalized spacial score (nSPS) is 22.3. The van der Waals surface area contributed by atoms with Crippen molar-refractivity contribution in [1.29, 1.82) is 0 Å². The maximum absolute atomic E-state index is 12.3. The SMILES string of the molecule is NCCCN1CCN(C(=O)N2CCCCC2)CC1. The first-order valence-corrected chi connectivity index (χ1v) is 7.27. The summed E-state index contributed by atoms with van der Waals surface area (Å²) in [5, 5.41) is 0. The van der Waals surface area contributed by atoms with Crippen LogP contribution < -0.4 is 5.73 Å². The van der Waals surface area contributed by atoms with Gasteiger partial charge < -0.3 is 15.5 Å². The maximum Gasteiger partial charge on any atom is 0.320 e. The average Bonchev–Trinajstić information content (AvgIpc) is 2.46. The first-order chi connectivity index (χ1) is 8.81. The minimum Gasteiger partial charge on any atom is -0.330 e. The van der Waals surface area contributed by atoms with Crippen LogP contribution in [0.15, 0.2) is 0 Å². The van der Waals surface area contributed by atoms with Gasteiger partial charge in [0.25, 0.3) is 0 Å². The van der Waals surface area contributed by atoms with Gasteiger partial charge in [-0.2, -0.15) is 0 Å². The molecule has 0 aromatic rings. The van der Waals surface area contributed by atoms with Gasteiger partial charge in [0.2, 0.25) is 0 Å². The van der Waals surface area contributed by atoms with E-state index in [0.29, 0.717) is 0 Å². The standard InChI is InChI=1S/C13H26N4O/c14-5-4-6-15-9-11-17(12-10-15)13(18)16-7-2-1-3-8-16/h1-12,14H2. The number of rotatable bonds is 3. The topological polar surface area (TPSA) is 52.8 Å². The monoisotopic (exact) mass is 254 g/mol. The molecule has 0 radical (unpaired) electrons. The summed E-state index contributed by atoms with van der Waals surface area (Å²) in [4.78, 5) is 18.7. The number of piperidine rings is 1. The van der Waals surface area contributed by atoms with Crippen molar-refractivity contribution >= 4 is 6.03 Å². The maximum atomic E-state index is 12.3. The highest BCUT2D eigenvalue weighted by Crippen LogP contribution is 2.12. The smallest absolute Gasteiger partial charge is 0.320 e. The number of nitrogens with two attached hydrogens (primary N) is 1. The van der Waals surface area contributed by atoms with Gasteiger partial charge in [-0.05, 0) is 38.8 Å². The molecule has 0 bridgehead atoms. The summed E-state index contributed by atoms with van der Waals surface area (Å²) in [6.45, 7) is 7.48. The van der Waals surface area contributed by atoms with E-state index in [4.69, 9.17) is 5.73 Å². The number of likely N-dealkylation sites (tertiary alicyclic amines) is 1. The summed E-state index contributed by atoms with van der Waals surface area (Å²) in [6, 6.07) is 0.258. The first kappa shape index (κ1) is 13.6. The predicted molar refractivity (Wildman–Crippen MR) is 72.5 cm³/mol. The zero-order valence-corrected chi connectivity index (χ0v) is 11.3. The van der Waals surface area contributed by atoms with E-state index in [-0.39, 0.29) is 6.03 Å². The van der Waals surface area contributed by atoms with Crippen molar-refractivity contribution in [2.45, 2.75) is 25.7 Å². The van der Waals surface area contributed by atoms with Crippen molar-refractivity contribution in [3.05, 3.63) is 0 Å². The van der Waals surface area contributed by atoms with Gasteiger partial charge in [-0.15, -0.1) is 0 Å². The van der Waals surface area contributed by atoms with Gasteiger partial charge in [0.15, 0.2) is 0 Å². The molecule has 0 aliphatic carbocycles. The highest BCUT2D eigenvalue weighted by Gasteiger charge is 2.25. The number of hydrogen-bond donors (Lipinski definition) is 1. The number of carbonyl (C=O) groups is 1.